The highest BCUT2D eigenvalue weighted by atomic mass is 32.2. The molecule has 2 aromatic rings. The summed E-state index contributed by atoms with van der Waals surface area (Å²) in [4.78, 5) is 23.9. The fourth-order valence-electron chi connectivity index (χ4n) is 2.35. The summed E-state index contributed by atoms with van der Waals surface area (Å²) in [5.41, 5.74) is -0.397. The lowest BCUT2D eigenvalue weighted by molar-refractivity contribution is -0.124. The van der Waals surface area contributed by atoms with Gasteiger partial charge < -0.3 is 10.1 Å². The van der Waals surface area contributed by atoms with Crippen molar-refractivity contribution in [2.45, 2.75) is 37.8 Å². The summed E-state index contributed by atoms with van der Waals surface area (Å²) in [6, 6.07) is 11.3. The quantitative estimate of drug-likeness (QED) is 0.667. The van der Waals surface area contributed by atoms with E-state index in [1.54, 1.807) is 26.8 Å². The van der Waals surface area contributed by atoms with Gasteiger partial charge in [-0.25, -0.2) is 22.3 Å². The molecule has 2 N–H and O–H groups in total. The van der Waals surface area contributed by atoms with Crippen LogP contribution in [-0.4, -0.2) is 32.4 Å². The van der Waals surface area contributed by atoms with Gasteiger partial charge in [0.15, 0.2) is 6.61 Å². The van der Waals surface area contributed by atoms with Gasteiger partial charge in [-0.1, -0.05) is 24.3 Å². The van der Waals surface area contributed by atoms with Crippen LogP contribution in [0.5, 0.6) is 0 Å². The summed E-state index contributed by atoms with van der Waals surface area (Å²) in [5, 5.41) is 2.45. The normalized spacial score (nSPS) is 11.7. The monoisotopic (exact) mass is 422 g/mol. The lowest BCUT2D eigenvalue weighted by Crippen LogP contribution is -2.40. The summed E-state index contributed by atoms with van der Waals surface area (Å²) in [6.07, 6.45) is 0. The van der Waals surface area contributed by atoms with E-state index in [0.29, 0.717) is 5.56 Å². The molecule has 0 bridgehead atoms. The number of carbonyl (C=O) groups is 2. The van der Waals surface area contributed by atoms with Gasteiger partial charge in [0.2, 0.25) is 10.0 Å². The molecule has 0 saturated carbocycles. The highest BCUT2D eigenvalue weighted by molar-refractivity contribution is 7.89. The van der Waals surface area contributed by atoms with Crippen molar-refractivity contribution in [1.29, 1.82) is 0 Å². The first-order chi connectivity index (χ1) is 13.5. The van der Waals surface area contributed by atoms with Crippen molar-refractivity contribution in [3.63, 3.8) is 0 Å². The second-order valence-electron chi connectivity index (χ2n) is 7.33. The molecule has 0 aliphatic rings. The van der Waals surface area contributed by atoms with Crippen LogP contribution < -0.4 is 10.0 Å². The molecule has 0 radical (unpaired) electrons. The van der Waals surface area contributed by atoms with E-state index in [-0.39, 0.29) is 17.0 Å². The van der Waals surface area contributed by atoms with Crippen LogP contribution >= 0.6 is 0 Å². The molecule has 0 saturated heterocycles. The highest BCUT2D eigenvalue weighted by Crippen LogP contribution is 2.15. The lowest BCUT2D eigenvalue weighted by atomic mass is 10.1. The Balaban J connectivity index is 1.95. The Labute approximate surface area is 169 Å². The molecule has 0 aromatic heterocycles. The first kappa shape index (κ1) is 22.5. The van der Waals surface area contributed by atoms with Crippen molar-refractivity contribution in [2.75, 3.05) is 6.61 Å². The maximum absolute atomic E-state index is 13.5. The Bertz CT molecular complexity index is 1000. The third-order valence-corrected chi connectivity index (χ3v) is 5.34. The number of esters is 1. The molecule has 0 unspecified atom stereocenters. The maximum atomic E-state index is 13.5. The van der Waals surface area contributed by atoms with Gasteiger partial charge >= 0.3 is 5.97 Å². The number of carbonyl (C=O) groups excluding carboxylic acids is 2. The predicted octanol–water partition coefficient (Wildman–Crippen LogP) is 2.38. The van der Waals surface area contributed by atoms with E-state index in [1.807, 2.05) is 0 Å². The molecular formula is C20H23FN2O5S. The molecule has 2 aromatic carbocycles. The van der Waals surface area contributed by atoms with Gasteiger partial charge in [-0.05, 0) is 45.0 Å². The number of sulfonamides is 1. The minimum absolute atomic E-state index is 0.0105. The Morgan fingerprint density at radius 2 is 1.76 bits per heavy atom. The number of ether oxygens (including phenoxy) is 1. The lowest BCUT2D eigenvalue weighted by Gasteiger charge is -2.20. The summed E-state index contributed by atoms with van der Waals surface area (Å²) in [5.74, 6) is -1.91. The molecule has 0 fully saturated rings. The fourth-order valence-corrected chi connectivity index (χ4v) is 3.82. The van der Waals surface area contributed by atoms with Gasteiger partial charge in [-0.3, -0.25) is 4.79 Å². The Morgan fingerprint density at radius 3 is 2.41 bits per heavy atom. The van der Waals surface area contributed by atoms with Crippen molar-refractivity contribution >= 4 is 21.9 Å². The summed E-state index contributed by atoms with van der Waals surface area (Å²) in [6.45, 7) is 4.47. The predicted molar refractivity (Wildman–Crippen MR) is 105 cm³/mol. The number of hydrogen-bond donors (Lipinski definition) is 2. The Morgan fingerprint density at radius 1 is 1.07 bits per heavy atom. The van der Waals surface area contributed by atoms with Crippen molar-refractivity contribution in [1.82, 2.24) is 10.0 Å². The SMILES string of the molecule is CC(C)(C)NS(=O)(=O)c1cccc(C(=O)OCC(=O)NCc2ccccc2F)c1. The zero-order chi connectivity index (χ0) is 21.7. The third kappa shape index (κ3) is 6.95. The van der Waals surface area contributed by atoms with Crippen LogP contribution in [0, 0.1) is 5.82 Å². The van der Waals surface area contributed by atoms with E-state index >= 15 is 0 Å². The molecule has 156 valence electrons. The number of rotatable bonds is 7. The van der Waals surface area contributed by atoms with Crippen molar-refractivity contribution in [3.8, 4) is 0 Å². The second-order valence-corrected chi connectivity index (χ2v) is 9.01. The average molecular weight is 422 g/mol. The van der Waals surface area contributed by atoms with E-state index in [0.717, 1.165) is 0 Å². The molecule has 0 atom stereocenters. The van der Waals surface area contributed by atoms with E-state index in [2.05, 4.69) is 10.0 Å². The van der Waals surface area contributed by atoms with Gasteiger partial charge in [-0.15, -0.1) is 0 Å². The molecule has 0 spiro atoms. The Kier molecular flexibility index (Phi) is 7.10. The fraction of sp³-hybridized carbons (Fsp3) is 0.300. The van der Waals surface area contributed by atoms with Crippen molar-refractivity contribution in [2.24, 2.45) is 0 Å². The number of nitrogens with one attached hydrogen (secondary N) is 2. The molecule has 0 aliphatic heterocycles. The number of benzene rings is 2. The van der Waals surface area contributed by atoms with Crippen LogP contribution in [0.1, 0.15) is 36.7 Å². The molecular weight excluding hydrogens is 399 g/mol. The van der Waals surface area contributed by atoms with E-state index < -0.39 is 39.9 Å². The van der Waals surface area contributed by atoms with Crippen LogP contribution in [0.3, 0.4) is 0 Å². The largest absolute Gasteiger partial charge is 0.452 e. The van der Waals surface area contributed by atoms with Gasteiger partial charge in [0.1, 0.15) is 5.82 Å². The second kappa shape index (κ2) is 9.15. The van der Waals surface area contributed by atoms with Gasteiger partial charge in [0.05, 0.1) is 10.5 Å². The first-order valence-corrected chi connectivity index (χ1v) is 10.3. The van der Waals surface area contributed by atoms with Gasteiger partial charge in [-0.2, -0.15) is 0 Å². The van der Waals surface area contributed by atoms with Crippen LogP contribution in [0.2, 0.25) is 0 Å². The van der Waals surface area contributed by atoms with Crippen molar-refractivity contribution in [3.05, 3.63) is 65.5 Å². The van der Waals surface area contributed by atoms with E-state index in [9.17, 15) is 22.4 Å². The van der Waals surface area contributed by atoms with Crippen LogP contribution in [0.4, 0.5) is 4.39 Å². The molecule has 0 aliphatic carbocycles. The molecule has 9 heteroatoms. The van der Waals surface area contributed by atoms with Crippen LogP contribution in [0.25, 0.3) is 0 Å². The number of amides is 1. The Hall–Kier alpha value is -2.78. The topological polar surface area (TPSA) is 102 Å². The van der Waals surface area contributed by atoms with Crippen LogP contribution in [-0.2, 0) is 26.1 Å². The zero-order valence-corrected chi connectivity index (χ0v) is 17.2. The summed E-state index contributed by atoms with van der Waals surface area (Å²) >= 11 is 0. The standard InChI is InChI=1S/C20H23FN2O5S/c1-20(2,3)23-29(26,27)16-9-6-8-14(11-16)19(25)28-13-18(24)22-12-15-7-4-5-10-17(15)21/h4-11,23H,12-13H2,1-3H3,(H,22,24). The van der Waals surface area contributed by atoms with E-state index in [1.165, 1.54) is 42.5 Å². The molecule has 1 amide bonds. The number of hydrogen-bond acceptors (Lipinski definition) is 5. The van der Waals surface area contributed by atoms with Crippen LogP contribution in [0.15, 0.2) is 53.4 Å². The molecule has 0 heterocycles. The average Bonchev–Trinajstić information content (AvgIpc) is 2.63. The number of halogens is 1. The molecule has 7 nitrogen and oxygen atoms in total. The molecule has 2 rings (SSSR count). The minimum Gasteiger partial charge on any atom is -0.452 e. The van der Waals surface area contributed by atoms with Crippen molar-refractivity contribution < 1.29 is 27.1 Å². The summed E-state index contributed by atoms with van der Waals surface area (Å²) < 4.78 is 45.7. The smallest absolute Gasteiger partial charge is 0.338 e. The van der Waals surface area contributed by atoms with Gasteiger partial charge in [0.25, 0.3) is 5.91 Å². The highest BCUT2D eigenvalue weighted by Gasteiger charge is 2.23. The first-order valence-electron chi connectivity index (χ1n) is 8.79. The third-order valence-electron chi connectivity index (χ3n) is 3.59. The molecule has 29 heavy (non-hydrogen) atoms. The summed E-state index contributed by atoms with van der Waals surface area (Å²) in [7, 11) is -3.82. The van der Waals surface area contributed by atoms with E-state index in [4.69, 9.17) is 4.74 Å². The zero-order valence-electron chi connectivity index (χ0n) is 16.4. The maximum Gasteiger partial charge on any atom is 0.338 e. The minimum atomic E-state index is -3.82. The van der Waals surface area contributed by atoms with Gasteiger partial charge in [0, 0.05) is 17.6 Å².